The monoisotopic (exact) mass is 303 g/mol. The number of nitrogens with one attached hydrogen (secondary N) is 2. The molecule has 1 heterocycles. The zero-order valence-corrected chi connectivity index (χ0v) is 12.4. The van der Waals surface area contributed by atoms with Crippen molar-refractivity contribution < 1.29 is 9.59 Å². The van der Waals surface area contributed by atoms with E-state index in [1.165, 1.54) is 23.1 Å². The number of amides is 3. The lowest BCUT2D eigenvalue weighted by molar-refractivity contribution is -0.119. The maximum Gasteiger partial charge on any atom is 0.318 e. The first-order valence-electron chi connectivity index (χ1n) is 5.77. The van der Waals surface area contributed by atoms with E-state index in [0.29, 0.717) is 11.7 Å². The maximum atomic E-state index is 11.2. The Morgan fingerprint density at radius 2 is 2.16 bits per heavy atom. The average molecular weight is 303 g/mol. The molecule has 0 saturated heterocycles. The highest BCUT2D eigenvalue weighted by Crippen LogP contribution is 2.25. The second-order valence-corrected chi connectivity index (χ2v) is 6.48. The van der Waals surface area contributed by atoms with Crippen LogP contribution in [0.25, 0.3) is 0 Å². The van der Waals surface area contributed by atoms with Crippen molar-refractivity contribution in [3.05, 3.63) is 0 Å². The summed E-state index contributed by atoms with van der Waals surface area (Å²) in [6.45, 7) is 5.07. The predicted octanol–water partition coefficient (Wildman–Crippen LogP) is 1.28. The largest absolute Gasteiger partial charge is 0.360 e. The third kappa shape index (κ3) is 6.97. The zero-order chi connectivity index (χ0) is 14.3. The number of hydrogen-bond donors (Lipinski definition) is 3. The number of carbonyl (C=O) groups is 2. The fraction of sp³-hybridized carbons (Fsp3) is 0.600. The second-order valence-electron chi connectivity index (χ2n) is 4.16. The van der Waals surface area contributed by atoms with Gasteiger partial charge in [0.1, 0.15) is 0 Å². The van der Waals surface area contributed by atoms with E-state index in [9.17, 15) is 9.59 Å². The van der Waals surface area contributed by atoms with E-state index < -0.39 is 6.03 Å². The van der Waals surface area contributed by atoms with E-state index in [1.54, 1.807) is 0 Å². The molecule has 106 valence electrons. The van der Waals surface area contributed by atoms with Gasteiger partial charge in [-0.15, -0.1) is 10.2 Å². The highest BCUT2D eigenvalue weighted by atomic mass is 32.2. The van der Waals surface area contributed by atoms with Crippen molar-refractivity contribution in [2.75, 3.05) is 17.6 Å². The highest BCUT2D eigenvalue weighted by Gasteiger charge is 2.08. The van der Waals surface area contributed by atoms with Crippen LogP contribution in [0.4, 0.5) is 9.93 Å². The number of imide groups is 1. The number of hydrogen-bond acceptors (Lipinski definition) is 7. The van der Waals surface area contributed by atoms with E-state index in [-0.39, 0.29) is 12.3 Å². The zero-order valence-electron chi connectivity index (χ0n) is 10.8. The van der Waals surface area contributed by atoms with Gasteiger partial charge in [0.2, 0.25) is 11.0 Å². The van der Waals surface area contributed by atoms with Crippen molar-refractivity contribution in [3.8, 4) is 0 Å². The Hall–Kier alpha value is -1.35. The predicted molar refractivity (Wildman–Crippen MR) is 76.3 cm³/mol. The van der Waals surface area contributed by atoms with Crippen molar-refractivity contribution >= 4 is 40.2 Å². The first-order chi connectivity index (χ1) is 8.97. The number of anilines is 1. The summed E-state index contributed by atoms with van der Waals surface area (Å²) < 4.78 is 0.790. The van der Waals surface area contributed by atoms with Gasteiger partial charge in [0.25, 0.3) is 0 Å². The van der Waals surface area contributed by atoms with Gasteiger partial charge in [-0.25, -0.2) is 4.79 Å². The smallest absolute Gasteiger partial charge is 0.318 e. The number of primary amides is 1. The number of nitrogens with two attached hydrogens (primary N) is 1. The molecule has 7 nitrogen and oxygen atoms in total. The van der Waals surface area contributed by atoms with Crippen LogP contribution in [-0.2, 0) is 4.79 Å². The number of urea groups is 1. The van der Waals surface area contributed by atoms with Gasteiger partial charge in [0.05, 0.1) is 0 Å². The molecule has 0 unspecified atom stereocenters. The summed E-state index contributed by atoms with van der Waals surface area (Å²) >= 11 is 2.87. The summed E-state index contributed by atoms with van der Waals surface area (Å²) in [7, 11) is 0. The standard InChI is InChI=1S/C10H17N5O2S2/c1-6(2)5-12-9-14-15-10(19-9)18-4-3-7(16)13-8(11)17/h6H,3-5H2,1-2H3,(H,12,14)(H3,11,13,16,17). The lowest BCUT2D eigenvalue weighted by Gasteiger charge is -2.03. The number of nitrogens with zero attached hydrogens (tertiary/aromatic N) is 2. The Morgan fingerprint density at radius 3 is 2.79 bits per heavy atom. The van der Waals surface area contributed by atoms with E-state index >= 15 is 0 Å². The van der Waals surface area contributed by atoms with Crippen molar-refractivity contribution in [3.63, 3.8) is 0 Å². The van der Waals surface area contributed by atoms with Crippen LogP contribution >= 0.6 is 23.1 Å². The molecule has 0 bridgehead atoms. The summed E-state index contributed by atoms with van der Waals surface area (Å²) in [5.41, 5.74) is 4.83. The SMILES string of the molecule is CC(C)CNc1nnc(SCCC(=O)NC(N)=O)s1. The molecule has 3 amide bonds. The Balaban J connectivity index is 2.26. The molecule has 4 N–H and O–H groups in total. The van der Waals surface area contributed by atoms with Gasteiger partial charge in [-0.1, -0.05) is 36.9 Å². The van der Waals surface area contributed by atoms with Crippen LogP contribution in [0.5, 0.6) is 0 Å². The highest BCUT2D eigenvalue weighted by molar-refractivity contribution is 8.01. The summed E-state index contributed by atoms with van der Waals surface area (Å²) in [6.07, 6.45) is 0.210. The lowest BCUT2D eigenvalue weighted by atomic mass is 10.2. The Labute approximate surface area is 119 Å². The molecule has 19 heavy (non-hydrogen) atoms. The second kappa shape index (κ2) is 7.95. The Bertz CT molecular complexity index is 435. The summed E-state index contributed by atoms with van der Waals surface area (Å²) in [6, 6.07) is -0.828. The fourth-order valence-corrected chi connectivity index (χ4v) is 2.83. The Kier molecular flexibility index (Phi) is 6.57. The van der Waals surface area contributed by atoms with E-state index in [1.807, 2.05) is 5.32 Å². The molecule has 0 aromatic carbocycles. The average Bonchev–Trinajstić information content (AvgIpc) is 2.73. The maximum absolute atomic E-state index is 11.2. The first-order valence-corrected chi connectivity index (χ1v) is 7.57. The van der Waals surface area contributed by atoms with Gasteiger partial charge < -0.3 is 11.1 Å². The van der Waals surface area contributed by atoms with E-state index in [4.69, 9.17) is 5.73 Å². The van der Waals surface area contributed by atoms with Crippen molar-refractivity contribution in [2.24, 2.45) is 11.7 Å². The van der Waals surface area contributed by atoms with Gasteiger partial charge in [-0.3, -0.25) is 10.1 Å². The summed E-state index contributed by atoms with van der Waals surface area (Å²) in [5.74, 6) is 0.679. The number of aromatic nitrogens is 2. The topological polar surface area (TPSA) is 110 Å². The van der Waals surface area contributed by atoms with Crippen molar-refractivity contribution in [1.29, 1.82) is 0 Å². The van der Waals surface area contributed by atoms with Crippen molar-refractivity contribution in [2.45, 2.75) is 24.6 Å². The normalized spacial score (nSPS) is 10.5. The van der Waals surface area contributed by atoms with Gasteiger partial charge in [-0.05, 0) is 5.92 Å². The molecule has 0 saturated carbocycles. The number of thioether (sulfide) groups is 1. The van der Waals surface area contributed by atoms with E-state index in [0.717, 1.165) is 16.0 Å². The van der Waals surface area contributed by atoms with Crippen LogP contribution in [0.3, 0.4) is 0 Å². The molecule has 1 aromatic heterocycles. The molecule has 0 fully saturated rings. The minimum Gasteiger partial charge on any atom is -0.360 e. The van der Waals surface area contributed by atoms with Crippen LogP contribution in [0, 0.1) is 5.92 Å². The molecule has 9 heteroatoms. The molecular weight excluding hydrogens is 286 g/mol. The minimum absolute atomic E-state index is 0.210. The lowest BCUT2D eigenvalue weighted by Crippen LogP contribution is -2.35. The molecule has 0 aliphatic heterocycles. The molecule has 0 spiro atoms. The molecular formula is C10H17N5O2S2. The molecule has 0 radical (unpaired) electrons. The van der Waals surface area contributed by atoms with Crippen LogP contribution in [0.1, 0.15) is 20.3 Å². The van der Waals surface area contributed by atoms with Crippen LogP contribution in [0.2, 0.25) is 0 Å². The van der Waals surface area contributed by atoms with Crippen LogP contribution in [0.15, 0.2) is 4.34 Å². The Morgan fingerprint density at radius 1 is 1.42 bits per heavy atom. The van der Waals surface area contributed by atoms with Gasteiger partial charge in [0.15, 0.2) is 4.34 Å². The summed E-state index contributed by atoms with van der Waals surface area (Å²) in [5, 5.41) is 14.0. The minimum atomic E-state index is -0.828. The number of carbonyl (C=O) groups excluding carboxylic acids is 2. The molecule has 0 atom stereocenters. The third-order valence-corrected chi connectivity index (χ3v) is 3.90. The number of rotatable bonds is 7. The first kappa shape index (κ1) is 15.7. The van der Waals surface area contributed by atoms with E-state index in [2.05, 4.69) is 29.4 Å². The fourth-order valence-electron chi connectivity index (χ4n) is 1.06. The van der Waals surface area contributed by atoms with Crippen LogP contribution < -0.4 is 16.4 Å². The van der Waals surface area contributed by atoms with Gasteiger partial charge in [0, 0.05) is 18.7 Å². The van der Waals surface area contributed by atoms with Gasteiger partial charge >= 0.3 is 6.03 Å². The van der Waals surface area contributed by atoms with Crippen molar-refractivity contribution in [1.82, 2.24) is 15.5 Å². The third-order valence-electron chi connectivity index (χ3n) is 1.89. The van der Waals surface area contributed by atoms with Gasteiger partial charge in [-0.2, -0.15) is 0 Å². The molecule has 0 aliphatic rings. The quantitative estimate of drug-likeness (QED) is 0.655. The summed E-state index contributed by atoms with van der Waals surface area (Å²) in [4.78, 5) is 21.6. The molecule has 1 aromatic rings. The molecule has 1 rings (SSSR count). The molecule has 0 aliphatic carbocycles. The van der Waals surface area contributed by atoms with Crippen LogP contribution in [-0.4, -0.2) is 34.4 Å².